The van der Waals surface area contributed by atoms with Gasteiger partial charge in [0.15, 0.2) is 22.9 Å². The third kappa shape index (κ3) is 4.12. The number of amides is 1. The summed E-state index contributed by atoms with van der Waals surface area (Å²) in [6.45, 7) is 1.95. The van der Waals surface area contributed by atoms with Crippen LogP contribution < -0.4 is 4.74 Å². The number of methoxy groups -OCH3 is 1. The number of aliphatic hydroxyl groups excluding tert-OH is 1. The quantitative estimate of drug-likeness (QED) is 0.310. The average Bonchev–Trinajstić information content (AvgIpc) is 3.39. The van der Waals surface area contributed by atoms with E-state index in [9.17, 15) is 19.1 Å². The molecule has 1 atom stereocenters. The van der Waals surface area contributed by atoms with Crippen molar-refractivity contribution in [1.82, 2.24) is 4.90 Å². The molecule has 36 heavy (non-hydrogen) atoms. The van der Waals surface area contributed by atoms with Crippen LogP contribution in [0.1, 0.15) is 33.3 Å². The molecule has 0 spiro atoms. The SMILES string of the molecule is COc1cc(Cl)cc2cc(C(=O)C3=C(O)C(=O)N(Cc4ccc(F)cc4)C3c3cccc(C)c3)oc12. The molecular weight excluding hydrogens is 485 g/mol. The maximum Gasteiger partial charge on any atom is 0.290 e. The third-order valence-corrected chi connectivity index (χ3v) is 6.38. The molecule has 0 fully saturated rings. The number of carbonyl (C=O) groups is 2. The molecule has 1 aromatic heterocycles. The summed E-state index contributed by atoms with van der Waals surface area (Å²) in [5, 5.41) is 11.9. The Morgan fingerprint density at radius 2 is 1.89 bits per heavy atom. The zero-order valence-electron chi connectivity index (χ0n) is 19.4. The average molecular weight is 506 g/mol. The van der Waals surface area contributed by atoms with E-state index in [4.69, 9.17) is 20.8 Å². The first-order valence-electron chi connectivity index (χ1n) is 11.1. The monoisotopic (exact) mass is 505 g/mol. The molecule has 1 N–H and O–H groups in total. The lowest BCUT2D eigenvalue weighted by Crippen LogP contribution is -2.30. The number of carbonyl (C=O) groups excluding carboxylic acids is 2. The molecule has 6 nitrogen and oxygen atoms in total. The van der Waals surface area contributed by atoms with E-state index < -0.39 is 29.3 Å². The van der Waals surface area contributed by atoms with E-state index in [1.54, 1.807) is 30.3 Å². The number of aryl methyl sites for hydroxylation is 1. The second-order valence-corrected chi connectivity index (χ2v) is 9.04. The van der Waals surface area contributed by atoms with Gasteiger partial charge < -0.3 is 19.2 Å². The van der Waals surface area contributed by atoms with Gasteiger partial charge in [0, 0.05) is 23.0 Å². The molecule has 2 heterocycles. The molecule has 8 heteroatoms. The topological polar surface area (TPSA) is 80.0 Å². The second-order valence-electron chi connectivity index (χ2n) is 8.60. The summed E-state index contributed by atoms with van der Waals surface area (Å²) in [6, 6.07) is 16.9. The summed E-state index contributed by atoms with van der Waals surface area (Å²) in [5.41, 5.74) is 2.44. The summed E-state index contributed by atoms with van der Waals surface area (Å²) in [5.74, 6) is -2.11. The number of Topliss-reactive ketones (excluding diaryl/α,β-unsaturated/α-hetero) is 1. The maximum atomic E-state index is 13.8. The van der Waals surface area contributed by atoms with Crippen molar-refractivity contribution >= 4 is 34.3 Å². The van der Waals surface area contributed by atoms with Gasteiger partial charge in [-0.2, -0.15) is 0 Å². The number of halogens is 2. The van der Waals surface area contributed by atoms with Crippen LogP contribution in [0.15, 0.2) is 82.5 Å². The second kappa shape index (κ2) is 9.17. The maximum absolute atomic E-state index is 13.8. The molecule has 0 radical (unpaired) electrons. The van der Waals surface area contributed by atoms with Crippen LogP contribution in [-0.2, 0) is 11.3 Å². The number of fused-ring (bicyclic) bond motifs is 1. The van der Waals surface area contributed by atoms with Gasteiger partial charge in [0.25, 0.3) is 5.91 Å². The van der Waals surface area contributed by atoms with Gasteiger partial charge in [-0.15, -0.1) is 0 Å². The Hall–Kier alpha value is -4.10. The minimum Gasteiger partial charge on any atom is -0.503 e. The largest absolute Gasteiger partial charge is 0.503 e. The van der Waals surface area contributed by atoms with Crippen LogP contribution in [-0.4, -0.2) is 28.8 Å². The summed E-state index contributed by atoms with van der Waals surface area (Å²) >= 11 is 6.15. The van der Waals surface area contributed by atoms with Crippen molar-refractivity contribution in [3.8, 4) is 5.75 Å². The Balaban J connectivity index is 1.61. The highest BCUT2D eigenvalue weighted by Crippen LogP contribution is 2.41. The Morgan fingerprint density at radius 1 is 1.14 bits per heavy atom. The van der Waals surface area contributed by atoms with Crippen LogP contribution in [0, 0.1) is 12.7 Å². The van der Waals surface area contributed by atoms with Gasteiger partial charge in [0.2, 0.25) is 5.78 Å². The number of rotatable bonds is 6. The van der Waals surface area contributed by atoms with Crippen molar-refractivity contribution in [2.24, 2.45) is 0 Å². The standard InChI is InChI=1S/C28H21ClFNO5/c1-15-4-3-5-17(10-15)24-23(26(33)28(34)31(24)14-16-6-8-20(30)9-7-16)25(32)21-12-18-11-19(29)13-22(35-2)27(18)36-21/h3-13,24,33H,14H2,1-2H3. The van der Waals surface area contributed by atoms with Crippen LogP contribution >= 0.6 is 11.6 Å². The first kappa shape index (κ1) is 23.6. The van der Waals surface area contributed by atoms with Gasteiger partial charge in [0.1, 0.15) is 5.82 Å². The Morgan fingerprint density at radius 3 is 2.58 bits per heavy atom. The molecule has 3 aromatic carbocycles. The fourth-order valence-corrected chi connectivity index (χ4v) is 4.72. The molecule has 182 valence electrons. The number of furan rings is 1. The summed E-state index contributed by atoms with van der Waals surface area (Å²) in [6.07, 6.45) is 0. The predicted octanol–water partition coefficient (Wildman–Crippen LogP) is 6.32. The predicted molar refractivity (Wildman–Crippen MR) is 133 cm³/mol. The molecular formula is C28H21ClFNO5. The van der Waals surface area contributed by atoms with E-state index in [1.165, 1.54) is 30.2 Å². The molecule has 1 amide bonds. The Labute approximate surface area is 211 Å². The zero-order valence-corrected chi connectivity index (χ0v) is 20.2. The van der Waals surface area contributed by atoms with E-state index in [1.807, 2.05) is 25.1 Å². The fourth-order valence-electron chi connectivity index (χ4n) is 4.50. The zero-order chi connectivity index (χ0) is 25.6. The van der Waals surface area contributed by atoms with Gasteiger partial charge in [0.05, 0.1) is 18.7 Å². The third-order valence-electron chi connectivity index (χ3n) is 6.16. The number of benzene rings is 3. The highest BCUT2D eigenvalue weighted by Gasteiger charge is 2.44. The Kier molecular flexibility index (Phi) is 6.02. The highest BCUT2D eigenvalue weighted by atomic mass is 35.5. The number of ketones is 1. The summed E-state index contributed by atoms with van der Waals surface area (Å²) in [7, 11) is 1.46. The van der Waals surface area contributed by atoms with Gasteiger partial charge in [-0.05, 0) is 42.3 Å². The molecule has 0 aliphatic carbocycles. The van der Waals surface area contributed by atoms with Crippen molar-refractivity contribution in [1.29, 1.82) is 0 Å². The number of hydrogen-bond acceptors (Lipinski definition) is 5. The van der Waals surface area contributed by atoms with Crippen molar-refractivity contribution < 1.29 is 28.2 Å². The van der Waals surface area contributed by atoms with Crippen molar-refractivity contribution in [2.75, 3.05) is 7.11 Å². The lowest BCUT2D eigenvalue weighted by atomic mass is 9.94. The van der Waals surface area contributed by atoms with Crippen molar-refractivity contribution in [3.63, 3.8) is 0 Å². The lowest BCUT2D eigenvalue weighted by molar-refractivity contribution is -0.130. The van der Waals surface area contributed by atoms with Gasteiger partial charge in [-0.25, -0.2) is 4.39 Å². The molecule has 1 aliphatic heterocycles. The van der Waals surface area contributed by atoms with E-state index in [-0.39, 0.29) is 17.9 Å². The van der Waals surface area contributed by atoms with Crippen LogP contribution in [0.5, 0.6) is 5.75 Å². The Bertz CT molecular complexity index is 1540. The molecule has 5 rings (SSSR count). The molecule has 0 bridgehead atoms. The molecule has 4 aromatic rings. The molecule has 1 aliphatic rings. The van der Waals surface area contributed by atoms with E-state index in [0.717, 1.165) is 5.56 Å². The first-order valence-corrected chi connectivity index (χ1v) is 11.5. The first-order chi connectivity index (χ1) is 17.3. The van der Waals surface area contributed by atoms with E-state index >= 15 is 0 Å². The minimum absolute atomic E-state index is 0.0577. The van der Waals surface area contributed by atoms with Gasteiger partial charge >= 0.3 is 0 Å². The van der Waals surface area contributed by atoms with Crippen LogP contribution in [0.25, 0.3) is 11.0 Å². The number of hydrogen-bond donors (Lipinski definition) is 1. The summed E-state index contributed by atoms with van der Waals surface area (Å²) in [4.78, 5) is 28.4. The molecule has 1 unspecified atom stereocenters. The van der Waals surface area contributed by atoms with Gasteiger partial charge in [-0.3, -0.25) is 9.59 Å². The number of ether oxygens (including phenoxy) is 1. The summed E-state index contributed by atoms with van der Waals surface area (Å²) < 4.78 is 24.6. The highest BCUT2D eigenvalue weighted by molar-refractivity contribution is 6.31. The van der Waals surface area contributed by atoms with Crippen LogP contribution in [0.3, 0.4) is 0 Å². The van der Waals surface area contributed by atoms with Gasteiger partial charge in [-0.1, -0.05) is 53.6 Å². The fraction of sp³-hybridized carbons (Fsp3) is 0.143. The van der Waals surface area contributed by atoms with Crippen molar-refractivity contribution in [3.05, 3.63) is 111 Å². The normalized spacial score (nSPS) is 15.7. The van der Waals surface area contributed by atoms with E-state index in [2.05, 4.69) is 0 Å². The number of nitrogens with zero attached hydrogens (tertiary/aromatic N) is 1. The van der Waals surface area contributed by atoms with Crippen LogP contribution in [0.4, 0.5) is 4.39 Å². The lowest BCUT2D eigenvalue weighted by Gasteiger charge is -2.27. The van der Waals surface area contributed by atoms with E-state index in [0.29, 0.717) is 32.9 Å². The van der Waals surface area contributed by atoms with Crippen molar-refractivity contribution in [2.45, 2.75) is 19.5 Å². The van der Waals surface area contributed by atoms with Crippen LogP contribution in [0.2, 0.25) is 5.02 Å². The molecule has 0 saturated heterocycles. The molecule has 0 saturated carbocycles. The number of aliphatic hydroxyl groups is 1. The smallest absolute Gasteiger partial charge is 0.290 e. The minimum atomic E-state index is -0.881.